The summed E-state index contributed by atoms with van der Waals surface area (Å²) < 4.78 is 0. The molecule has 2 aliphatic rings. The second-order valence-corrected chi connectivity index (χ2v) is 7.71. The highest BCUT2D eigenvalue weighted by Crippen LogP contribution is 2.48. The molecule has 2 aromatic rings. The van der Waals surface area contributed by atoms with Crippen molar-refractivity contribution in [1.29, 1.82) is 0 Å². The number of carbonyl (C=O) groups is 2. The molecule has 1 aliphatic heterocycles. The molecule has 1 aliphatic carbocycles. The molecule has 1 aromatic heterocycles. The maximum Gasteiger partial charge on any atom is 0.273 e. The molecule has 2 amide bonds. The molecule has 1 atom stereocenters. The Morgan fingerprint density at radius 2 is 1.89 bits per heavy atom. The molecule has 1 saturated heterocycles. The SMILES string of the molecule is CN(CC1(c2ccccc2)CC1)C(=O)[C@@H]1CCCN1C(=O)c1ccccn1. The van der Waals surface area contributed by atoms with Crippen LogP contribution in [0.15, 0.2) is 54.7 Å². The van der Waals surface area contributed by atoms with E-state index in [0.29, 0.717) is 18.8 Å². The summed E-state index contributed by atoms with van der Waals surface area (Å²) in [4.78, 5) is 33.6. The van der Waals surface area contributed by atoms with Crippen LogP contribution in [0.1, 0.15) is 41.7 Å². The molecule has 0 N–H and O–H groups in total. The van der Waals surface area contributed by atoms with Gasteiger partial charge in [-0.2, -0.15) is 0 Å². The van der Waals surface area contributed by atoms with E-state index in [1.807, 2.05) is 18.0 Å². The third kappa shape index (κ3) is 3.46. The second kappa shape index (κ2) is 7.14. The van der Waals surface area contributed by atoms with E-state index in [1.54, 1.807) is 29.3 Å². The van der Waals surface area contributed by atoms with Crippen molar-refractivity contribution in [3.8, 4) is 0 Å². The van der Waals surface area contributed by atoms with Gasteiger partial charge in [-0.1, -0.05) is 36.4 Å². The summed E-state index contributed by atoms with van der Waals surface area (Å²) in [7, 11) is 1.87. The Kier molecular flexibility index (Phi) is 4.68. The Morgan fingerprint density at radius 1 is 1.15 bits per heavy atom. The molecule has 0 bridgehead atoms. The third-order valence-electron chi connectivity index (χ3n) is 5.84. The van der Waals surface area contributed by atoms with Gasteiger partial charge in [-0.15, -0.1) is 0 Å². The van der Waals surface area contributed by atoms with Gasteiger partial charge in [0, 0.05) is 31.7 Å². The summed E-state index contributed by atoms with van der Waals surface area (Å²) in [5, 5.41) is 0. The van der Waals surface area contributed by atoms with Crippen molar-refractivity contribution in [3.63, 3.8) is 0 Å². The van der Waals surface area contributed by atoms with Gasteiger partial charge in [0.25, 0.3) is 5.91 Å². The monoisotopic (exact) mass is 363 g/mol. The lowest BCUT2D eigenvalue weighted by molar-refractivity contribution is -0.134. The number of rotatable bonds is 5. The first-order valence-corrected chi connectivity index (χ1v) is 9.63. The molecule has 27 heavy (non-hydrogen) atoms. The largest absolute Gasteiger partial charge is 0.343 e. The van der Waals surface area contributed by atoms with Crippen LogP contribution in [0.25, 0.3) is 0 Å². The van der Waals surface area contributed by atoms with Crippen molar-refractivity contribution in [2.45, 2.75) is 37.1 Å². The average Bonchev–Trinajstić information content (AvgIpc) is 3.33. The number of aromatic nitrogens is 1. The number of benzene rings is 1. The number of likely N-dealkylation sites (tertiary alicyclic amines) is 1. The van der Waals surface area contributed by atoms with Gasteiger partial charge in [-0.05, 0) is 43.4 Å². The highest BCUT2D eigenvalue weighted by atomic mass is 16.2. The maximum absolute atomic E-state index is 13.1. The summed E-state index contributed by atoms with van der Waals surface area (Å²) >= 11 is 0. The zero-order valence-corrected chi connectivity index (χ0v) is 15.7. The van der Waals surface area contributed by atoms with E-state index in [1.165, 1.54) is 5.56 Å². The van der Waals surface area contributed by atoms with Gasteiger partial charge in [-0.3, -0.25) is 14.6 Å². The minimum absolute atomic E-state index is 0.0407. The zero-order valence-electron chi connectivity index (χ0n) is 15.7. The Hall–Kier alpha value is -2.69. The molecular weight excluding hydrogens is 338 g/mol. The highest BCUT2D eigenvalue weighted by Gasteiger charge is 2.46. The molecule has 5 nitrogen and oxygen atoms in total. The van der Waals surface area contributed by atoms with Gasteiger partial charge < -0.3 is 9.80 Å². The minimum atomic E-state index is -0.379. The molecule has 2 heterocycles. The van der Waals surface area contributed by atoms with E-state index in [4.69, 9.17) is 0 Å². The zero-order chi connectivity index (χ0) is 18.9. The molecule has 0 radical (unpaired) electrons. The number of amides is 2. The van der Waals surface area contributed by atoms with Crippen LogP contribution in [0.5, 0.6) is 0 Å². The fourth-order valence-electron chi connectivity index (χ4n) is 4.17. The lowest BCUT2D eigenvalue weighted by Gasteiger charge is -2.30. The smallest absolute Gasteiger partial charge is 0.273 e. The molecule has 1 saturated carbocycles. The lowest BCUT2D eigenvalue weighted by atomic mass is 9.95. The molecule has 1 aromatic carbocycles. The van der Waals surface area contributed by atoms with Crippen molar-refractivity contribution in [1.82, 2.24) is 14.8 Å². The number of hydrogen-bond donors (Lipinski definition) is 0. The van der Waals surface area contributed by atoms with Crippen LogP contribution in [0.3, 0.4) is 0 Å². The number of nitrogens with zero attached hydrogens (tertiary/aromatic N) is 3. The first-order chi connectivity index (χ1) is 13.1. The van der Waals surface area contributed by atoms with Crippen molar-refractivity contribution in [2.75, 3.05) is 20.1 Å². The van der Waals surface area contributed by atoms with E-state index >= 15 is 0 Å². The number of hydrogen-bond acceptors (Lipinski definition) is 3. The Morgan fingerprint density at radius 3 is 2.56 bits per heavy atom. The average molecular weight is 363 g/mol. The second-order valence-electron chi connectivity index (χ2n) is 7.71. The van der Waals surface area contributed by atoms with Crippen LogP contribution in [0.4, 0.5) is 0 Å². The molecule has 5 heteroatoms. The van der Waals surface area contributed by atoms with Gasteiger partial charge in [0.2, 0.25) is 5.91 Å². The molecule has 140 valence electrons. The number of carbonyl (C=O) groups excluding carboxylic acids is 2. The summed E-state index contributed by atoms with van der Waals surface area (Å²) in [6.45, 7) is 1.32. The Balaban J connectivity index is 1.46. The van der Waals surface area contributed by atoms with Gasteiger partial charge in [-0.25, -0.2) is 0 Å². The summed E-state index contributed by atoms with van der Waals surface area (Å²) in [5.74, 6) is -0.108. The summed E-state index contributed by atoms with van der Waals surface area (Å²) in [6.07, 6.45) is 5.40. The number of likely N-dealkylation sites (N-methyl/N-ethyl adjacent to an activating group) is 1. The van der Waals surface area contributed by atoms with Crippen LogP contribution in [-0.2, 0) is 10.2 Å². The lowest BCUT2D eigenvalue weighted by Crippen LogP contribution is -2.48. The third-order valence-corrected chi connectivity index (χ3v) is 5.84. The van der Waals surface area contributed by atoms with E-state index < -0.39 is 0 Å². The predicted octanol–water partition coefficient (Wildman–Crippen LogP) is 2.88. The molecule has 4 rings (SSSR count). The van der Waals surface area contributed by atoms with Crippen molar-refractivity contribution in [2.24, 2.45) is 0 Å². The van der Waals surface area contributed by atoms with Crippen molar-refractivity contribution >= 4 is 11.8 Å². The molecular formula is C22H25N3O2. The number of pyridine rings is 1. The summed E-state index contributed by atoms with van der Waals surface area (Å²) in [6, 6.07) is 15.4. The van der Waals surface area contributed by atoms with E-state index in [9.17, 15) is 9.59 Å². The van der Waals surface area contributed by atoms with E-state index in [0.717, 1.165) is 25.7 Å². The van der Waals surface area contributed by atoms with Gasteiger partial charge in [0.05, 0.1) is 0 Å². The van der Waals surface area contributed by atoms with Crippen LogP contribution in [0.2, 0.25) is 0 Å². The minimum Gasteiger partial charge on any atom is -0.343 e. The van der Waals surface area contributed by atoms with Gasteiger partial charge in [0.15, 0.2) is 0 Å². The quantitative estimate of drug-likeness (QED) is 0.821. The Labute approximate surface area is 160 Å². The maximum atomic E-state index is 13.1. The fourth-order valence-corrected chi connectivity index (χ4v) is 4.17. The fraction of sp³-hybridized carbons (Fsp3) is 0.409. The standard InChI is InChI=1S/C22H25N3O2/c1-24(16-22(12-13-22)17-8-3-2-4-9-17)21(27)19-11-7-15-25(19)20(26)18-10-5-6-14-23-18/h2-6,8-10,14,19H,7,11-13,15-16H2,1H3/t19-/m0/s1. The molecule has 2 fully saturated rings. The van der Waals surface area contributed by atoms with E-state index in [2.05, 4.69) is 29.2 Å². The van der Waals surface area contributed by atoms with E-state index in [-0.39, 0.29) is 23.3 Å². The van der Waals surface area contributed by atoms with Crippen LogP contribution < -0.4 is 0 Å². The van der Waals surface area contributed by atoms with Gasteiger partial charge in [0.1, 0.15) is 11.7 Å². The van der Waals surface area contributed by atoms with Crippen LogP contribution in [0, 0.1) is 0 Å². The molecule has 0 unspecified atom stereocenters. The van der Waals surface area contributed by atoms with Crippen molar-refractivity contribution in [3.05, 3.63) is 66.0 Å². The van der Waals surface area contributed by atoms with Crippen molar-refractivity contribution < 1.29 is 9.59 Å². The van der Waals surface area contributed by atoms with Gasteiger partial charge >= 0.3 is 0 Å². The first kappa shape index (κ1) is 17.7. The first-order valence-electron chi connectivity index (χ1n) is 9.63. The van der Waals surface area contributed by atoms with Crippen LogP contribution in [-0.4, -0.2) is 52.8 Å². The van der Waals surface area contributed by atoms with Crippen LogP contribution >= 0.6 is 0 Å². The molecule has 0 spiro atoms. The Bertz CT molecular complexity index is 818. The predicted molar refractivity (Wildman–Crippen MR) is 103 cm³/mol. The summed E-state index contributed by atoms with van der Waals surface area (Å²) in [5.41, 5.74) is 1.79. The highest BCUT2D eigenvalue weighted by molar-refractivity contribution is 5.96. The normalized spacial score (nSPS) is 20.3. The topological polar surface area (TPSA) is 53.5 Å².